The SMILES string of the molecule is CCC1CCCC1.Cn1cnc(CN2CCN(Sc3ccc(C(F)(F)F)cc3)Cc3ccccc32)c1. The number of imidazole rings is 1. The summed E-state index contributed by atoms with van der Waals surface area (Å²) in [6.07, 6.45) is 6.94. The van der Waals surface area contributed by atoms with Crippen LogP contribution in [0.5, 0.6) is 0 Å². The van der Waals surface area contributed by atoms with Crippen LogP contribution in [0.15, 0.2) is 66.0 Å². The molecule has 1 aliphatic heterocycles. The molecule has 1 aliphatic carbocycles. The first kappa shape index (κ1) is 26.6. The van der Waals surface area contributed by atoms with E-state index >= 15 is 0 Å². The van der Waals surface area contributed by atoms with Gasteiger partial charge in [0.05, 0.1) is 24.1 Å². The summed E-state index contributed by atoms with van der Waals surface area (Å²) in [5, 5.41) is 0. The van der Waals surface area contributed by atoms with Gasteiger partial charge in [-0.25, -0.2) is 9.29 Å². The van der Waals surface area contributed by atoms with Gasteiger partial charge in [0.25, 0.3) is 0 Å². The maximum absolute atomic E-state index is 12.8. The minimum absolute atomic E-state index is 0.621. The molecule has 0 radical (unpaired) electrons. The summed E-state index contributed by atoms with van der Waals surface area (Å²) in [7, 11) is 1.95. The molecule has 2 aromatic carbocycles. The summed E-state index contributed by atoms with van der Waals surface area (Å²) in [5.41, 5.74) is 2.75. The molecule has 1 saturated carbocycles. The van der Waals surface area contributed by atoms with E-state index in [1.165, 1.54) is 67.4 Å². The van der Waals surface area contributed by atoms with Crippen molar-refractivity contribution < 1.29 is 13.2 Å². The molecule has 2 aliphatic rings. The predicted molar refractivity (Wildman–Crippen MR) is 141 cm³/mol. The minimum Gasteiger partial charge on any atom is -0.364 e. The van der Waals surface area contributed by atoms with Crippen molar-refractivity contribution in [2.45, 2.75) is 63.2 Å². The number of hydrogen-bond donors (Lipinski definition) is 0. The van der Waals surface area contributed by atoms with Crippen LogP contribution in [0.1, 0.15) is 55.8 Å². The van der Waals surface area contributed by atoms with Crippen molar-refractivity contribution in [3.63, 3.8) is 0 Å². The van der Waals surface area contributed by atoms with E-state index < -0.39 is 11.7 Å². The topological polar surface area (TPSA) is 24.3 Å². The zero-order chi connectivity index (χ0) is 25.5. The summed E-state index contributed by atoms with van der Waals surface area (Å²) in [4.78, 5) is 7.55. The number of anilines is 1. The van der Waals surface area contributed by atoms with Crippen molar-refractivity contribution >= 4 is 17.6 Å². The summed E-state index contributed by atoms with van der Waals surface area (Å²) in [6, 6.07) is 13.6. The lowest BCUT2D eigenvalue weighted by Crippen LogP contribution is -2.28. The Labute approximate surface area is 216 Å². The maximum atomic E-state index is 12.8. The zero-order valence-corrected chi connectivity index (χ0v) is 21.9. The van der Waals surface area contributed by atoms with Crippen molar-refractivity contribution in [1.29, 1.82) is 0 Å². The number of rotatable bonds is 5. The lowest BCUT2D eigenvalue weighted by atomic mass is 10.1. The number of fused-ring (bicyclic) bond motifs is 1. The van der Waals surface area contributed by atoms with E-state index in [2.05, 4.69) is 33.2 Å². The molecule has 1 fully saturated rings. The molecule has 1 aromatic heterocycles. The molecule has 5 rings (SSSR count). The molecule has 4 nitrogen and oxygen atoms in total. The van der Waals surface area contributed by atoms with E-state index in [0.29, 0.717) is 0 Å². The van der Waals surface area contributed by atoms with Crippen molar-refractivity contribution in [1.82, 2.24) is 13.9 Å². The molecule has 2 heterocycles. The third kappa shape index (κ3) is 7.29. The van der Waals surface area contributed by atoms with Crippen LogP contribution < -0.4 is 4.90 Å². The number of aromatic nitrogens is 2. The molecule has 194 valence electrons. The van der Waals surface area contributed by atoms with Gasteiger partial charge in [0.2, 0.25) is 0 Å². The first-order valence-electron chi connectivity index (χ1n) is 12.7. The van der Waals surface area contributed by atoms with Crippen molar-refractivity contribution in [2.24, 2.45) is 13.0 Å². The van der Waals surface area contributed by atoms with Gasteiger partial charge in [0.15, 0.2) is 0 Å². The molecule has 3 aromatic rings. The Hall–Kier alpha value is -2.45. The second kappa shape index (κ2) is 12.2. The smallest absolute Gasteiger partial charge is 0.364 e. The van der Waals surface area contributed by atoms with Gasteiger partial charge in [-0.05, 0) is 53.8 Å². The Balaban J connectivity index is 0.000000375. The summed E-state index contributed by atoms with van der Waals surface area (Å²) in [6.45, 7) is 5.33. The first-order chi connectivity index (χ1) is 17.3. The Morgan fingerprint density at radius 2 is 1.72 bits per heavy atom. The highest BCUT2D eigenvalue weighted by atomic mass is 32.2. The highest BCUT2D eigenvalue weighted by Gasteiger charge is 2.30. The van der Waals surface area contributed by atoms with Crippen LogP contribution >= 0.6 is 11.9 Å². The molecular weight excluding hydrogens is 481 g/mol. The third-order valence-corrected chi connectivity index (χ3v) is 7.93. The monoisotopic (exact) mass is 516 g/mol. The number of benzene rings is 2. The van der Waals surface area contributed by atoms with E-state index in [4.69, 9.17) is 0 Å². The van der Waals surface area contributed by atoms with Crippen LogP contribution in [0.2, 0.25) is 0 Å². The van der Waals surface area contributed by atoms with E-state index in [0.717, 1.165) is 54.8 Å². The molecule has 0 atom stereocenters. The minimum atomic E-state index is -4.31. The van der Waals surface area contributed by atoms with Crippen LogP contribution in [0, 0.1) is 5.92 Å². The van der Waals surface area contributed by atoms with Crippen molar-refractivity contribution in [3.05, 3.63) is 77.9 Å². The molecule has 0 unspecified atom stereocenters. The third-order valence-electron chi connectivity index (χ3n) is 6.88. The Morgan fingerprint density at radius 1 is 1.00 bits per heavy atom. The van der Waals surface area contributed by atoms with Crippen LogP contribution in [0.25, 0.3) is 0 Å². The van der Waals surface area contributed by atoms with Gasteiger partial charge in [-0.2, -0.15) is 13.2 Å². The van der Waals surface area contributed by atoms with Crippen LogP contribution in [-0.4, -0.2) is 26.9 Å². The first-order valence-corrected chi connectivity index (χ1v) is 13.5. The van der Waals surface area contributed by atoms with Crippen LogP contribution in [0.3, 0.4) is 0 Å². The van der Waals surface area contributed by atoms with E-state index in [1.54, 1.807) is 6.33 Å². The average Bonchev–Trinajstić information content (AvgIpc) is 3.50. The van der Waals surface area contributed by atoms with Gasteiger partial charge in [-0.3, -0.25) is 0 Å². The van der Waals surface area contributed by atoms with Crippen molar-refractivity contribution in [2.75, 3.05) is 18.0 Å². The van der Waals surface area contributed by atoms with Gasteiger partial charge >= 0.3 is 6.18 Å². The van der Waals surface area contributed by atoms with Gasteiger partial charge in [0.1, 0.15) is 0 Å². The maximum Gasteiger partial charge on any atom is 0.416 e. The van der Waals surface area contributed by atoms with Crippen LogP contribution in [0.4, 0.5) is 18.9 Å². The predicted octanol–water partition coefficient (Wildman–Crippen LogP) is 7.56. The lowest BCUT2D eigenvalue weighted by Gasteiger charge is -2.24. The normalized spacial score (nSPS) is 16.9. The highest BCUT2D eigenvalue weighted by molar-refractivity contribution is 7.97. The van der Waals surface area contributed by atoms with Gasteiger partial charge in [0, 0.05) is 43.5 Å². The average molecular weight is 517 g/mol. The Bertz CT molecular complexity index is 1090. The second-order valence-electron chi connectivity index (χ2n) is 9.62. The summed E-state index contributed by atoms with van der Waals surface area (Å²) < 4.78 is 42.5. The number of halogens is 3. The molecular formula is C28H35F3N4S. The Kier molecular flexibility index (Phi) is 9.01. The lowest BCUT2D eigenvalue weighted by molar-refractivity contribution is -0.137. The highest BCUT2D eigenvalue weighted by Crippen LogP contribution is 2.34. The number of hydrogen-bond acceptors (Lipinski definition) is 4. The number of alkyl halides is 3. The van der Waals surface area contributed by atoms with E-state index in [9.17, 15) is 13.2 Å². The fraction of sp³-hybridized carbons (Fsp3) is 0.464. The molecule has 8 heteroatoms. The van der Waals surface area contributed by atoms with E-state index in [-0.39, 0.29) is 0 Å². The standard InChI is InChI=1S/C21H21F3N4S.C7H14/c1-26-13-18(25-15-26)14-27-10-11-28(12-16-4-2-3-5-20(16)27)29-19-8-6-17(7-9-19)21(22,23)24;1-2-7-5-3-4-6-7/h2-9,13,15H,10-12,14H2,1H3;7H,2-6H2,1H3. The largest absolute Gasteiger partial charge is 0.416 e. The fourth-order valence-electron chi connectivity index (χ4n) is 4.83. The second-order valence-corrected chi connectivity index (χ2v) is 10.8. The molecule has 0 saturated heterocycles. The molecule has 0 amide bonds. The van der Waals surface area contributed by atoms with E-state index in [1.807, 2.05) is 29.9 Å². The van der Waals surface area contributed by atoms with Crippen LogP contribution in [-0.2, 0) is 26.3 Å². The fourth-order valence-corrected chi connectivity index (χ4v) is 5.77. The molecule has 0 spiro atoms. The molecule has 36 heavy (non-hydrogen) atoms. The quantitative estimate of drug-likeness (QED) is 0.327. The number of nitrogens with zero attached hydrogens (tertiary/aromatic N) is 4. The Morgan fingerprint density at radius 3 is 2.33 bits per heavy atom. The number of para-hydroxylation sites is 1. The van der Waals surface area contributed by atoms with Crippen molar-refractivity contribution in [3.8, 4) is 0 Å². The zero-order valence-electron chi connectivity index (χ0n) is 21.0. The summed E-state index contributed by atoms with van der Waals surface area (Å²) in [5.74, 6) is 1.10. The molecule has 0 N–H and O–H groups in total. The molecule has 0 bridgehead atoms. The van der Waals surface area contributed by atoms with Gasteiger partial charge < -0.3 is 9.47 Å². The summed E-state index contributed by atoms with van der Waals surface area (Å²) >= 11 is 1.49. The number of aryl methyl sites for hydroxylation is 1. The van der Waals surface area contributed by atoms with Gasteiger partial charge in [-0.1, -0.05) is 57.2 Å². The van der Waals surface area contributed by atoms with Gasteiger partial charge in [-0.15, -0.1) is 0 Å².